The molecular formula is C26H31F4N3O5. The molecule has 2 aromatic rings. The number of amides is 1. The number of fused-ring (bicyclic) bond motifs is 1. The quantitative estimate of drug-likeness (QED) is 0.298. The number of carbonyl (C=O) groups excluding carboxylic acids is 1. The molecule has 1 saturated heterocycles. The van der Waals surface area contributed by atoms with Gasteiger partial charge in [-0.25, -0.2) is 9.18 Å². The van der Waals surface area contributed by atoms with Crippen LogP contribution >= 0.6 is 0 Å². The number of hydrogen-bond acceptors (Lipinski definition) is 5. The molecule has 2 fully saturated rings. The van der Waals surface area contributed by atoms with Crippen molar-refractivity contribution in [2.45, 2.75) is 70.5 Å². The number of carboxylic acid groups (broad SMARTS) is 1. The molecule has 2 unspecified atom stereocenters. The summed E-state index contributed by atoms with van der Waals surface area (Å²) in [6, 6.07) is 0.322. The molecule has 0 spiro atoms. The van der Waals surface area contributed by atoms with Gasteiger partial charge in [0.05, 0.1) is 22.2 Å². The van der Waals surface area contributed by atoms with E-state index in [-0.39, 0.29) is 19.0 Å². The Morgan fingerprint density at radius 3 is 2.45 bits per heavy atom. The molecule has 1 N–H and O–H groups in total. The topological polar surface area (TPSA) is 92.1 Å². The molecule has 1 aromatic carbocycles. The van der Waals surface area contributed by atoms with Crippen LogP contribution in [0.25, 0.3) is 10.9 Å². The molecule has 2 heterocycles. The Balaban J connectivity index is 1.80. The van der Waals surface area contributed by atoms with Crippen molar-refractivity contribution < 1.29 is 37.0 Å². The summed E-state index contributed by atoms with van der Waals surface area (Å²) in [4.78, 5) is 38.5. The van der Waals surface area contributed by atoms with E-state index in [4.69, 9.17) is 4.74 Å². The summed E-state index contributed by atoms with van der Waals surface area (Å²) in [5.41, 5.74) is -4.85. The minimum Gasteiger partial charge on any atom is -0.477 e. The van der Waals surface area contributed by atoms with Crippen LogP contribution in [-0.4, -0.2) is 58.9 Å². The molecule has 1 aliphatic heterocycles. The van der Waals surface area contributed by atoms with E-state index in [2.05, 4.69) is 0 Å². The van der Waals surface area contributed by atoms with E-state index in [0.29, 0.717) is 32.1 Å². The second-order valence-electron chi connectivity index (χ2n) is 11.1. The van der Waals surface area contributed by atoms with Crippen LogP contribution in [0.1, 0.15) is 68.4 Å². The van der Waals surface area contributed by atoms with Gasteiger partial charge in [-0.1, -0.05) is 0 Å². The number of anilines is 1. The first-order chi connectivity index (χ1) is 17.6. The molecule has 1 saturated carbocycles. The summed E-state index contributed by atoms with van der Waals surface area (Å²) >= 11 is 0. The molecule has 0 bridgehead atoms. The summed E-state index contributed by atoms with van der Waals surface area (Å²) in [5, 5.41) is 8.83. The summed E-state index contributed by atoms with van der Waals surface area (Å²) in [6.45, 7) is 5.70. The van der Waals surface area contributed by atoms with Crippen molar-refractivity contribution in [3.63, 3.8) is 0 Å². The molecular weight excluding hydrogens is 510 g/mol. The minimum absolute atomic E-state index is 0.0864. The normalized spacial score (nSPS) is 19.2. The highest BCUT2D eigenvalue weighted by molar-refractivity contribution is 5.95. The van der Waals surface area contributed by atoms with Gasteiger partial charge in [-0.3, -0.25) is 9.59 Å². The first-order valence-corrected chi connectivity index (χ1v) is 12.4. The third-order valence-corrected chi connectivity index (χ3v) is 6.94. The first kappa shape index (κ1) is 27.9. The molecule has 208 valence electrons. The zero-order valence-electron chi connectivity index (χ0n) is 21.6. The van der Waals surface area contributed by atoms with Crippen LogP contribution in [0.2, 0.25) is 0 Å². The summed E-state index contributed by atoms with van der Waals surface area (Å²) < 4.78 is 66.5. The molecule has 1 aromatic heterocycles. The van der Waals surface area contributed by atoms with Crippen LogP contribution in [0, 0.1) is 11.7 Å². The highest BCUT2D eigenvalue weighted by Gasteiger charge is 2.43. The van der Waals surface area contributed by atoms with Crippen LogP contribution < -0.4 is 10.3 Å². The lowest BCUT2D eigenvalue weighted by Gasteiger charge is -2.33. The van der Waals surface area contributed by atoms with Crippen molar-refractivity contribution in [3.05, 3.63) is 39.4 Å². The number of carboxylic acids is 1. The Morgan fingerprint density at radius 1 is 1.26 bits per heavy atom. The molecule has 1 amide bonds. The molecule has 0 radical (unpaired) electrons. The van der Waals surface area contributed by atoms with Crippen LogP contribution in [-0.2, 0) is 15.7 Å². The van der Waals surface area contributed by atoms with Crippen LogP contribution in [0.3, 0.4) is 0 Å². The fourth-order valence-corrected chi connectivity index (χ4v) is 5.14. The van der Waals surface area contributed by atoms with E-state index >= 15 is 4.39 Å². The predicted octanol–water partition coefficient (Wildman–Crippen LogP) is 4.64. The number of pyridine rings is 1. The van der Waals surface area contributed by atoms with Crippen LogP contribution in [0.4, 0.5) is 23.2 Å². The second-order valence-corrected chi connectivity index (χ2v) is 11.1. The molecule has 2 aliphatic rings. The van der Waals surface area contributed by atoms with Crippen molar-refractivity contribution in [3.8, 4) is 0 Å². The van der Waals surface area contributed by atoms with Gasteiger partial charge in [-0.05, 0) is 58.4 Å². The van der Waals surface area contributed by atoms with Crippen LogP contribution in [0.5, 0.6) is 0 Å². The van der Waals surface area contributed by atoms with Crippen molar-refractivity contribution in [2.24, 2.45) is 5.92 Å². The second kappa shape index (κ2) is 9.87. The lowest BCUT2D eigenvalue weighted by Crippen LogP contribution is -2.40. The lowest BCUT2D eigenvalue weighted by atomic mass is 10.0. The van der Waals surface area contributed by atoms with E-state index in [1.165, 1.54) is 14.4 Å². The van der Waals surface area contributed by atoms with Gasteiger partial charge in [0.2, 0.25) is 11.8 Å². The number of hydrogen-bond donors (Lipinski definition) is 1. The highest BCUT2D eigenvalue weighted by atomic mass is 19.4. The Hall–Kier alpha value is -3.15. The maximum atomic E-state index is 15.5. The van der Waals surface area contributed by atoms with E-state index in [9.17, 15) is 32.7 Å². The van der Waals surface area contributed by atoms with Gasteiger partial charge in [0.15, 0.2) is 0 Å². The van der Waals surface area contributed by atoms with Gasteiger partial charge in [-0.15, -0.1) is 0 Å². The fourth-order valence-electron chi connectivity index (χ4n) is 5.14. The van der Waals surface area contributed by atoms with Gasteiger partial charge in [0.25, 0.3) is 0 Å². The third-order valence-electron chi connectivity index (χ3n) is 6.94. The molecule has 12 heteroatoms. The Kier molecular flexibility index (Phi) is 7.24. The van der Waals surface area contributed by atoms with Gasteiger partial charge >= 0.3 is 12.1 Å². The summed E-state index contributed by atoms with van der Waals surface area (Å²) in [6.07, 6.45) is -2.24. The lowest BCUT2D eigenvalue weighted by molar-refractivity contribution is -0.150. The zero-order chi connectivity index (χ0) is 28.2. The van der Waals surface area contributed by atoms with Crippen LogP contribution in [0.15, 0.2) is 17.1 Å². The number of alkyl halides is 3. The minimum atomic E-state index is -5.02. The number of nitrogens with zero attached hydrogens (tertiary/aromatic N) is 3. The Morgan fingerprint density at radius 2 is 1.92 bits per heavy atom. The van der Waals surface area contributed by atoms with E-state index < -0.39 is 69.0 Å². The number of rotatable bonds is 8. The van der Waals surface area contributed by atoms with Crippen molar-refractivity contribution >= 4 is 29.0 Å². The van der Waals surface area contributed by atoms with Crippen molar-refractivity contribution in [1.82, 2.24) is 9.47 Å². The number of aromatic carboxylic acids is 1. The largest absolute Gasteiger partial charge is 0.477 e. The Labute approximate surface area is 216 Å². The number of ether oxygens (including phenoxy) is 1. The number of aromatic nitrogens is 1. The average molecular weight is 542 g/mol. The maximum absolute atomic E-state index is 15.5. The van der Waals surface area contributed by atoms with Gasteiger partial charge in [-0.2, -0.15) is 13.2 Å². The molecule has 2 atom stereocenters. The molecule has 8 nitrogen and oxygen atoms in total. The first-order valence-electron chi connectivity index (χ1n) is 12.4. The van der Waals surface area contributed by atoms with Gasteiger partial charge in [0, 0.05) is 32.4 Å². The standard InChI is InChI=1S/C26H31F4N3O5/c1-25(2,3)38-19(31(4)13-34)9-14-7-8-32(11-14)22-18(27)10-16-21(20(22)26(28,29)30)33(15-5-6-15)12-17(23(16)35)24(36)37/h10,12-15,19H,5-9,11H2,1-4H3,(H,36,37). The maximum Gasteiger partial charge on any atom is 0.420 e. The Bertz CT molecular complexity index is 1310. The molecule has 4 rings (SSSR count). The smallest absolute Gasteiger partial charge is 0.420 e. The highest BCUT2D eigenvalue weighted by Crippen LogP contribution is 2.47. The molecule has 38 heavy (non-hydrogen) atoms. The number of benzene rings is 1. The van der Waals surface area contributed by atoms with Gasteiger partial charge in [0.1, 0.15) is 23.2 Å². The average Bonchev–Trinajstić information content (AvgIpc) is 3.54. The summed E-state index contributed by atoms with van der Waals surface area (Å²) in [5.74, 6) is -3.01. The van der Waals surface area contributed by atoms with E-state index in [1.54, 1.807) is 7.05 Å². The van der Waals surface area contributed by atoms with Crippen molar-refractivity contribution in [1.29, 1.82) is 0 Å². The van der Waals surface area contributed by atoms with Gasteiger partial charge < -0.3 is 24.2 Å². The van der Waals surface area contributed by atoms with E-state index in [1.807, 2.05) is 20.8 Å². The molecule has 1 aliphatic carbocycles. The number of carbonyl (C=O) groups is 2. The SMILES string of the molecule is CN(C=O)C(CC1CCN(c2c(F)cc3c(=O)c(C(=O)O)cn(C4CC4)c3c2C(F)(F)F)C1)OC(C)(C)C. The summed E-state index contributed by atoms with van der Waals surface area (Å²) in [7, 11) is 1.56. The zero-order valence-corrected chi connectivity index (χ0v) is 21.6. The monoisotopic (exact) mass is 541 g/mol. The third kappa shape index (κ3) is 5.50. The van der Waals surface area contributed by atoms with Crippen molar-refractivity contribution in [2.75, 3.05) is 25.0 Å². The number of halogens is 4. The predicted molar refractivity (Wildman–Crippen MR) is 132 cm³/mol. The fraction of sp³-hybridized carbons (Fsp3) is 0.577. The van der Waals surface area contributed by atoms with E-state index in [0.717, 1.165) is 12.3 Å².